The van der Waals surface area contributed by atoms with Gasteiger partial charge in [-0.1, -0.05) is 19.1 Å². The maximum absolute atomic E-state index is 13.2. The molecule has 0 saturated carbocycles. The van der Waals surface area contributed by atoms with Gasteiger partial charge in [-0.15, -0.1) is 0 Å². The molecule has 2 aromatic carbocycles. The van der Waals surface area contributed by atoms with Gasteiger partial charge in [0.05, 0.1) is 24.4 Å². The number of carbonyl (C=O) groups is 3. The van der Waals surface area contributed by atoms with Crippen molar-refractivity contribution < 1.29 is 28.6 Å². The molecule has 1 N–H and O–H groups in total. The van der Waals surface area contributed by atoms with E-state index in [9.17, 15) is 14.4 Å². The average molecular weight is 533 g/mol. The van der Waals surface area contributed by atoms with E-state index in [1.54, 1.807) is 24.3 Å². The maximum Gasteiger partial charge on any atom is 0.343 e. The van der Waals surface area contributed by atoms with Gasteiger partial charge in [0.1, 0.15) is 5.57 Å². The molecule has 0 aromatic heterocycles. The molecule has 2 aromatic rings. The van der Waals surface area contributed by atoms with Crippen molar-refractivity contribution in [1.29, 1.82) is 0 Å². The lowest BCUT2D eigenvalue weighted by Crippen LogP contribution is -2.54. The molecule has 2 amide bonds. The fourth-order valence-corrected chi connectivity index (χ4v) is 3.95. The Morgan fingerprint density at radius 1 is 1.18 bits per heavy atom. The van der Waals surface area contributed by atoms with Crippen molar-refractivity contribution in [1.82, 2.24) is 5.32 Å². The molecule has 33 heavy (non-hydrogen) atoms. The van der Waals surface area contributed by atoms with E-state index in [1.807, 2.05) is 19.1 Å². The number of esters is 1. The predicted molar refractivity (Wildman–Crippen MR) is 130 cm³/mol. The minimum Gasteiger partial charge on any atom is -0.493 e. The highest BCUT2D eigenvalue weighted by Gasteiger charge is 2.34. The summed E-state index contributed by atoms with van der Waals surface area (Å²) in [6.45, 7) is 1.72. The molecule has 1 fully saturated rings. The van der Waals surface area contributed by atoms with Crippen LogP contribution in [0.4, 0.5) is 5.69 Å². The molecule has 10 heteroatoms. The van der Waals surface area contributed by atoms with Crippen LogP contribution in [0, 0.1) is 0 Å². The summed E-state index contributed by atoms with van der Waals surface area (Å²) in [6.07, 6.45) is 2.29. The van der Waals surface area contributed by atoms with Crippen molar-refractivity contribution in [3.63, 3.8) is 0 Å². The summed E-state index contributed by atoms with van der Waals surface area (Å²) >= 11 is 8.62. The third-order valence-corrected chi connectivity index (χ3v) is 5.70. The smallest absolute Gasteiger partial charge is 0.343 e. The fraction of sp³-hybridized carbons (Fsp3) is 0.217. The lowest BCUT2D eigenvalue weighted by molar-refractivity contribution is -0.143. The molecule has 0 bridgehead atoms. The first-order valence-corrected chi connectivity index (χ1v) is 11.1. The number of thiocarbonyl (C=S) groups is 1. The summed E-state index contributed by atoms with van der Waals surface area (Å²) in [5.41, 5.74) is 2.07. The molecule has 0 atom stereocenters. The number of hydrogen-bond donors (Lipinski definition) is 1. The standard InChI is InChI=1S/C23H21BrN2O6S/c1-4-13-5-7-15(8-6-13)26-22(29)16(21(28)25-23(26)33)9-14-10-17(24)20(18(11-14)30-2)32-12-19(27)31-3/h5-11H,4,12H2,1-3H3,(H,25,28,33)/b16-9+. The van der Waals surface area contributed by atoms with E-state index in [4.69, 9.17) is 21.7 Å². The van der Waals surface area contributed by atoms with E-state index in [2.05, 4.69) is 26.0 Å². The molecular weight excluding hydrogens is 512 g/mol. The number of hydrogen-bond acceptors (Lipinski definition) is 7. The number of anilines is 1. The number of halogens is 1. The minimum atomic E-state index is -0.604. The molecule has 1 saturated heterocycles. The second kappa shape index (κ2) is 10.6. The fourth-order valence-electron chi connectivity index (χ4n) is 3.09. The van der Waals surface area contributed by atoms with Gasteiger partial charge >= 0.3 is 5.97 Å². The molecule has 1 aliphatic rings. The van der Waals surface area contributed by atoms with E-state index in [1.165, 1.54) is 25.2 Å². The van der Waals surface area contributed by atoms with Crippen LogP contribution in [0.5, 0.6) is 11.5 Å². The highest BCUT2D eigenvalue weighted by atomic mass is 79.9. The van der Waals surface area contributed by atoms with Crippen LogP contribution in [0.15, 0.2) is 46.4 Å². The van der Waals surface area contributed by atoms with Gasteiger partial charge in [0.25, 0.3) is 11.8 Å². The Labute approximate surface area is 204 Å². The Kier molecular flexibility index (Phi) is 7.83. The quantitative estimate of drug-likeness (QED) is 0.252. The first kappa shape index (κ1) is 24.4. The summed E-state index contributed by atoms with van der Waals surface area (Å²) in [4.78, 5) is 38.5. The second-order valence-electron chi connectivity index (χ2n) is 6.88. The van der Waals surface area contributed by atoms with Crippen LogP contribution >= 0.6 is 28.1 Å². The predicted octanol–water partition coefficient (Wildman–Crippen LogP) is 3.40. The normalized spacial score (nSPS) is 14.8. The summed E-state index contributed by atoms with van der Waals surface area (Å²) in [7, 11) is 2.69. The van der Waals surface area contributed by atoms with E-state index in [0.29, 0.717) is 21.5 Å². The first-order chi connectivity index (χ1) is 15.8. The molecule has 1 aliphatic heterocycles. The zero-order valence-electron chi connectivity index (χ0n) is 18.1. The average Bonchev–Trinajstić information content (AvgIpc) is 2.80. The molecule has 8 nitrogen and oxygen atoms in total. The molecule has 0 unspecified atom stereocenters. The van der Waals surface area contributed by atoms with Gasteiger partial charge in [-0.2, -0.15) is 0 Å². The summed E-state index contributed by atoms with van der Waals surface area (Å²) in [5, 5.41) is 2.57. The maximum atomic E-state index is 13.2. The Morgan fingerprint density at radius 2 is 1.88 bits per heavy atom. The molecular formula is C23H21BrN2O6S. The number of nitrogens with one attached hydrogen (secondary N) is 1. The van der Waals surface area contributed by atoms with E-state index in [-0.39, 0.29) is 23.0 Å². The van der Waals surface area contributed by atoms with Gasteiger partial charge < -0.3 is 14.2 Å². The zero-order chi connectivity index (χ0) is 24.1. The van der Waals surface area contributed by atoms with Crippen LogP contribution in [0.1, 0.15) is 18.1 Å². The summed E-state index contributed by atoms with van der Waals surface area (Å²) in [6, 6.07) is 10.6. The lowest BCUT2D eigenvalue weighted by Gasteiger charge is -2.29. The molecule has 0 aliphatic carbocycles. The minimum absolute atomic E-state index is 0.0108. The summed E-state index contributed by atoms with van der Waals surface area (Å²) < 4.78 is 15.9. The number of benzene rings is 2. The van der Waals surface area contributed by atoms with Crippen molar-refractivity contribution in [2.75, 3.05) is 25.7 Å². The number of carbonyl (C=O) groups excluding carboxylic acids is 3. The van der Waals surface area contributed by atoms with Gasteiger partial charge in [0.15, 0.2) is 23.2 Å². The van der Waals surface area contributed by atoms with E-state index < -0.39 is 17.8 Å². The Balaban J connectivity index is 1.95. The van der Waals surface area contributed by atoms with E-state index in [0.717, 1.165) is 12.0 Å². The Hall–Kier alpha value is -3.24. The van der Waals surface area contributed by atoms with Crippen molar-refractivity contribution in [3.05, 3.63) is 57.6 Å². The monoisotopic (exact) mass is 532 g/mol. The van der Waals surface area contributed by atoms with Crippen molar-refractivity contribution in [2.24, 2.45) is 0 Å². The topological polar surface area (TPSA) is 94.2 Å². The number of ether oxygens (including phenoxy) is 3. The highest BCUT2D eigenvalue weighted by molar-refractivity contribution is 9.10. The molecule has 172 valence electrons. The third-order valence-electron chi connectivity index (χ3n) is 4.83. The molecule has 1 heterocycles. The highest BCUT2D eigenvalue weighted by Crippen LogP contribution is 2.37. The second-order valence-corrected chi connectivity index (χ2v) is 8.12. The van der Waals surface area contributed by atoms with Crippen LogP contribution in [0.25, 0.3) is 6.08 Å². The van der Waals surface area contributed by atoms with E-state index >= 15 is 0 Å². The number of rotatable bonds is 7. The lowest BCUT2D eigenvalue weighted by atomic mass is 10.1. The van der Waals surface area contributed by atoms with Crippen LogP contribution < -0.4 is 19.7 Å². The van der Waals surface area contributed by atoms with Crippen LogP contribution in [0.3, 0.4) is 0 Å². The Bertz CT molecular complexity index is 1150. The van der Waals surface area contributed by atoms with Crippen LogP contribution in [0.2, 0.25) is 0 Å². The molecule has 0 spiro atoms. The zero-order valence-corrected chi connectivity index (χ0v) is 20.5. The third kappa shape index (κ3) is 5.40. The van der Waals surface area contributed by atoms with Crippen molar-refractivity contribution in [2.45, 2.75) is 13.3 Å². The number of aryl methyl sites for hydroxylation is 1. The largest absolute Gasteiger partial charge is 0.493 e. The van der Waals surface area contributed by atoms with Gasteiger partial charge in [-0.05, 0) is 76.0 Å². The van der Waals surface area contributed by atoms with Gasteiger partial charge in [-0.25, -0.2) is 4.79 Å². The van der Waals surface area contributed by atoms with Crippen LogP contribution in [-0.2, 0) is 25.5 Å². The Morgan fingerprint density at radius 3 is 2.48 bits per heavy atom. The van der Waals surface area contributed by atoms with Crippen molar-refractivity contribution in [3.8, 4) is 11.5 Å². The van der Waals surface area contributed by atoms with Gasteiger partial charge in [-0.3, -0.25) is 19.8 Å². The van der Waals surface area contributed by atoms with Crippen molar-refractivity contribution >= 4 is 62.8 Å². The SMILES string of the molecule is CCc1ccc(N2C(=O)/C(=C/c3cc(Br)c(OCC(=O)OC)c(OC)c3)C(=O)NC2=S)cc1. The molecule has 3 rings (SSSR count). The van der Waals surface area contributed by atoms with Gasteiger partial charge in [0.2, 0.25) is 0 Å². The molecule has 0 radical (unpaired) electrons. The van der Waals surface area contributed by atoms with Gasteiger partial charge in [0, 0.05) is 0 Å². The first-order valence-electron chi connectivity index (χ1n) is 9.86. The number of methoxy groups -OCH3 is 2. The van der Waals surface area contributed by atoms with Crippen LogP contribution in [-0.4, -0.2) is 43.7 Å². The number of nitrogens with zero attached hydrogens (tertiary/aromatic N) is 1. The number of amides is 2. The summed E-state index contributed by atoms with van der Waals surface area (Å²) in [5.74, 6) is -1.13.